The lowest BCUT2D eigenvalue weighted by Crippen LogP contribution is -2.26. The second-order valence-electron chi connectivity index (χ2n) is 5.90. The molecule has 0 aromatic heterocycles. The molecule has 0 spiro atoms. The van der Waals surface area contributed by atoms with Gasteiger partial charge in [0.2, 0.25) is 0 Å². The Bertz CT molecular complexity index is 618. The summed E-state index contributed by atoms with van der Waals surface area (Å²) in [5.74, 6) is -0.206. The predicted octanol–water partition coefficient (Wildman–Crippen LogP) is 5.47. The monoisotopic (exact) mass is 426 g/mol. The van der Waals surface area contributed by atoms with Crippen LogP contribution in [0.1, 0.15) is 31.6 Å². The van der Waals surface area contributed by atoms with Gasteiger partial charge in [-0.1, -0.05) is 30.3 Å². The molecule has 2 aromatic rings. The molecule has 0 saturated carbocycles. The molecule has 0 N–H and O–H groups in total. The van der Waals surface area contributed by atoms with Crippen LogP contribution in [-0.4, -0.2) is 11.6 Å². The number of ether oxygens (including phenoxy) is 1. The molecule has 1 atom stereocenters. The molecule has 4 heteroatoms. The van der Waals surface area contributed by atoms with E-state index in [1.807, 2.05) is 75.4 Å². The number of esters is 1. The zero-order valence-electron chi connectivity index (χ0n) is 12.9. The second-order valence-corrected chi connectivity index (χ2v) is 8.32. The highest BCUT2D eigenvalue weighted by Gasteiger charge is 2.27. The van der Waals surface area contributed by atoms with Crippen molar-refractivity contribution >= 4 is 40.3 Å². The first kappa shape index (κ1) is 17.3. The molecule has 0 aliphatic heterocycles. The molecule has 0 amide bonds. The van der Waals surface area contributed by atoms with Crippen molar-refractivity contribution in [3.8, 4) is 0 Å². The van der Waals surface area contributed by atoms with Crippen molar-refractivity contribution < 1.29 is 9.53 Å². The number of carbonyl (C=O) groups is 1. The summed E-state index contributed by atoms with van der Waals surface area (Å²) < 4.78 is 6.77. The molecule has 0 aliphatic carbocycles. The third-order valence-electron chi connectivity index (χ3n) is 2.79. The largest absolute Gasteiger partial charge is 0.459 e. The fourth-order valence-electron chi connectivity index (χ4n) is 1.88. The Morgan fingerprint density at radius 2 is 1.64 bits per heavy atom. The van der Waals surface area contributed by atoms with Crippen LogP contribution in [-0.2, 0) is 9.53 Å². The number of benzene rings is 2. The number of rotatable bonds is 4. The predicted molar refractivity (Wildman–Crippen MR) is 100 cm³/mol. The van der Waals surface area contributed by atoms with Crippen LogP contribution >= 0.6 is 34.4 Å². The maximum Gasteiger partial charge on any atom is 0.324 e. The van der Waals surface area contributed by atoms with E-state index in [-0.39, 0.29) is 11.2 Å². The summed E-state index contributed by atoms with van der Waals surface area (Å²) in [6.45, 7) is 5.67. The minimum absolute atomic E-state index is 0.206. The number of halogens is 1. The van der Waals surface area contributed by atoms with Gasteiger partial charge >= 0.3 is 5.97 Å². The third-order valence-corrected chi connectivity index (χ3v) is 4.75. The average Bonchev–Trinajstić information content (AvgIpc) is 2.45. The van der Waals surface area contributed by atoms with E-state index in [1.165, 1.54) is 15.3 Å². The molecule has 2 rings (SSSR count). The molecule has 0 radical (unpaired) electrons. The summed E-state index contributed by atoms with van der Waals surface area (Å²) in [5.41, 5.74) is 0.469. The number of thioether (sulfide) groups is 1. The van der Waals surface area contributed by atoms with Crippen molar-refractivity contribution in [1.29, 1.82) is 0 Å². The van der Waals surface area contributed by atoms with Crippen LogP contribution in [0.15, 0.2) is 59.5 Å². The van der Waals surface area contributed by atoms with Gasteiger partial charge in [-0.3, -0.25) is 4.79 Å². The summed E-state index contributed by atoms with van der Waals surface area (Å²) in [6.07, 6.45) is 0. The van der Waals surface area contributed by atoms with Crippen LogP contribution in [0.5, 0.6) is 0 Å². The van der Waals surface area contributed by atoms with Crippen LogP contribution < -0.4 is 0 Å². The standard InChI is InChI=1S/C18H19IO2S/c1-18(2,3)21-17(20)16(13-7-5-4-6-8-13)22-15-11-9-14(19)10-12-15/h4-12,16H,1-3H3. The van der Waals surface area contributed by atoms with E-state index >= 15 is 0 Å². The first-order valence-corrected chi connectivity index (χ1v) is 9.01. The van der Waals surface area contributed by atoms with Crippen LogP contribution in [0.3, 0.4) is 0 Å². The summed E-state index contributed by atoms with van der Waals surface area (Å²) in [7, 11) is 0. The quantitative estimate of drug-likeness (QED) is 0.369. The van der Waals surface area contributed by atoms with Crippen molar-refractivity contribution in [2.75, 3.05) is 0 Å². The Morgan fingerprint density at radius 3 is 2.18 bits per heavy atom. The van der Waals surface area contributed by atoms with Crippen LogP contribution in [0, 0.1) is 3.57 Å². The fraction of sp³-hybridized carbons (Fsp3) is 0.278. The Kier molecular flexibility index (Phi) is 5.92. The van der Waals surface area contributed by atoms with Crippen molar-refractivity contribution in [1.82, 2.24) is 0 Å². The van der Waals surface area contributed by atoms with Gasteiger partial charge in [0.15, 0.2) is 0 Å². The summed E-state index contributed by atoms with van der Waals surface area (Å²) >= 11 is 3.79. The molecule has 0 aliphatic rings. The lowest BCUT2D eigenvalue weighted by atomic mass is 10.1. The zero-order chi connectivity index (χ0) is 16.2. The van der Waals surface area contributed by atoms with Crippen LogP contribution in [0.4, 0.5) is 0 Å². The van der Waals surface area contributed by atoms with E-state index in [2.05, 4.69) is 22.6 Å². The molecular weight excluding hydrogens is 407 g/mol. The van der Waals surface area contributed by atoms with Crippen molar-refractivity contribution in [2.24, 2.45) is 0 Å². The van der Waals surface area contributed by atoms with Gasteiger partial charge in [-0.05, 0) is 73.2 Å². The minimum Gasteiger partial charge on any atom is -0.459 e. The van der Waals surface area contributed by atoms with E-state index in [9.17, 15) is 4.79 Å². The smallest absolute Gasteiger partial charge is 0.324 e. The molecule has 116 valence electrons. The van der Waals surface area contributed by atoms with E-state index in [0.717, 1.165) is 10.5 Å². The maximum absolute atomic E-state index is 12.6. The number of hydrogen-bond acceptors (Lipinski definition) is 3. The van der Waals surface area contributed by atoms with Crippen LogP contribution in [0.2, 0.25) is 0 Å². The topological polar surface area (TPSA) is 26.3 Å². The van der Waals surface area contributed by atoms with Gasteiger partial charge in [0.25, 0.3) is 0 Å². The minimum atomic E-state index is -0.489. The molecule has 0 bridgehead atoms. The third kappa shape index (κ3) is 5.32. The lowest BCUT2D eigenvalue weighted by molar-refractivity contribution is -0.154. The Labute approximate surface area is 149 Å². The summed E-state index contributed by atoms with van der Waals surface area (Å²) in [4.78, 5) is 13.6. The van der Waals surface area contributed by atoms with Gasteiger partial charge in [0, 0.05) is 8.47 Å². The molecule has 1 unspecified atom stereocenters. The van der Waals surface area contributed by atoms with E-state index in [1.54, 1.807) is 0 Å². The molecule has 22 heavy (non-hydrogen) atoms. The normalized spacial score (nSPS) is 12.7. The Morgan fingerprint density at radius 1 is 1.05 bits per heavy atom. The first-order chi connectivity index (χ1) is 10.3. The van der Waals surface area contributed by atoms with Crippen molar-refractivity contribution in [3.05, 3.63) is 63.7 Å². The first-order valence-electron chi connectivity index (χ1n) is 7.05. The van der Waals surface area contributed by atoms with Gasteiger partial charge in [-0.25, -0.2) is 0 Å². The lowest BCUT2D eigenvalue weighted by Gasteiger charge is -2.24. The molecule has 0 saturated heterocycles. The Balaban J connectivity index is 2.25. The summed E-state index contributed by atoms with van der Waals surface area (Å²) in [5, 5.41) is -0.361. The Hall–Kier alpha value is -1.01. The SMILES string of the molecule is CC(C)(C)OC(=O)C(Sc1ccc(I)cc1)c1ccccc1. The highest BCUT2D eigenvalue weighted by Crippen LogP contribution is 2.37. The van der Waals surface area contributed by atoms with Gasteiger partial charge < -0.3 is 4.74 Å². The molecule has 0 fully saturated rings. The number of hydrogen-bond donors (Lipinski definition) is 0. The molecule has 0 heterocycles. The van der Waals surface area contributed by atoms with Gasteiger partial charge in [0.05, 0.1) is 0 Å². The molecular formula is C18H19IO2S. The highest BCUT2D eigenvalue weighted by atomic mass is 127. The van der Waals surface area contributed by atoms with Gasteiger partial charge in [0.1, 0.15) is 10.9 Å². The van der Waals surface area contributed by atoms with Crippen molar-refractivity contribution in [2.45, 2.75) is 36.5 Å². The van der Waals surface area contributed by atoms with Gasteiger partial charge in [-0.15, -0.1) is 11.8 Å². The zero-order valence-corrected chi connectivity index (χ0v) is 15.9. The van der Waals surface area contributed by atoms with E-state index in [4.69, 9.17) is 4.74 Å². The van der Waals surface area contributed by atoms with Crippen molar-refractivity contribution in [3.63, 3.8) is 0 Å². The average molecular weight is 426 g/mol. The number of carbonyl (C=O) groups excluding carboxylic acids is 1. The van der Waals surface area contributed by atoms with Gasteiger partial charge in [-0.2, -0.15) is 0 Å². The molecule has 2 nitrogen and oxygen atoms in total. The highest BCUT2D eigenvalue weighted by molar-refractivity contribution is 14.1. The molecule has 2 aromatic carbocycles. The maximum atomic E-state index is 12.6. The van der Waals surface area contributed by atoms with E-state index in [0.29, 0.717) is 0 Å². The fourth-order valence-corrected chi connectivity index (χ4v) is 3.25. The summed E-state index contributed by atoms with van der Waals surface area (Å²) in [6, 6.07) is 17.9. The van der Waals surface area contributed by atoms with E-state index < -0.39 is 5.60 Å². The van der Waals surface area contributed by atoms with Crippen LogP contribution in [0.25, 0.3) is 0 Å². The second kappa shape index (κ2) is 7.51.